The monoisotopic (exact) mass is 261 g/mol. The van der Waals surface area contributed by atoms with Crippen molar-refractivity contribution in [1.82, 2.24) is 4.72 Å². The smallest absolute Gasteiger partial charge is 0.188 e. The zero-order valence-corrected chi connectivity index (χ0v) is 9.82. The number of halogens is 1. The van der Waals surface area contributed by atoms with Crippen molar-refractivity contribution in [2.45, 2.75) is 18.2 Å². The van der Waals surface area contributed by atoms with Gasteiger partial charge in [0.05, 0.1) is 15.8 Å². The van der Waals surface area contributed by atoms with E-state index in [-0.39, 0.29) is 0 Å². The molecule has 2 nitrogen and oxygen atoms in total. The fraction of sp³-hybridized carbons (Fsp3) is 0.333. The maximum atomic E-state index is 11.6. The molecule has 72 valence electrons. The summed E-state index contributed by atoms with van der Waals surface area (Å²) >= 11 is 2.26. The third kappa shape index (κ3) is 3.31. The Hall–Kier alpha value is -0.0300. The van der Waals surface area contributed by atoms with Crippen LogP contribution in [0.3, 0.4) is 0 Å². The van der Waals surface area contributed by atoms with Gasteiger partial charge in [0.2, 0.25) is 0 Å². The first-order chi connectivity index (χ1) is 6.25. The van der Waals surface area contributed by atoms with Crippen LogP contribution in [0.15, 0.2) is 33.6 Å². The van der Waals surface area contributed by atoms with Crippen molar-refractivity contribution in [2.24, 2.45) is 0 Å². The summed E-state index contributed by atoms with van der Waals surface area (Å²) in [5.74, 6) is 0. The van der Waals surface area contributed by atoms with E-state index in [1.807, 2.05) is 31.2 Å². The van der Waals surface area contributed by atoms with Gasteiger partial charge in [0, 0.05) is 6.54 Å². The number of hydrogen-bond donors (Lipinski definition) is 1. The first kappa shape index (κ1) is 11.0. The third-order valence-corrected chi connectivity index (χ3v) is 3.70. The van der Waals surface area contributed by atoms with Gasteiger partial charge >= 0.3 is 0 Å². The molecule has 1 aromatic carbocycles. The first-order valence-electron chi connectivity index (χ1n) is 4.15. The second-order valence-electron chi connectivity index (χ2n) is 2.59. The number of rotatable bonds is 4. The van der Waals surface area contributed by atoms with Gasteiger partial charge in [-0.1, -0.05) is 19.1 Å². The summed E-state index contributed by atoms with van der Waals surface area (Å²) < 4.78 is 15.4. The van der Waals surface area contributed by atoms with Gasteiger partial charge in [0.1, 0.15) is 0 Å². The van der Waals surface area contributed by atoms with Gasteiger partial charge in [-0.25, -0.2) is 0 Å². The predicted octanol–water partition coefficient (Wildman–Crippen LogP) is 2.47. The molecule has 0 radical (unpaired) electrons. The summed E-state index contributed by atoms with van der Waals surface area (Å²) in [5, 5.41) is 0. The zero-order valence-electron chi connectivity index (χ0n) is 7.42. The lowest BCUT2D eigenvalue weighted by Crippen LogP contribution is -2.24. The highest BCUT2D eigenvalue weighted by Gasteiger charge is 2.13. The van der Waals surface area contributed by atoms with Gasteiger partial charge < -0.3 is 4.55 Å². The summed E-state index contributed by atoms with van der Waals surface area (Å²) in [6.45, 7) is 2.82. The van der Waals surface area contributed by atoms with Crippen LogP contribution in [0.25, 0.3) is 0 Å². The van der Waals surface area contributed by atoms with E-state index in [2.05, 4.69) is 20.7 Å². The number of hydrogen-bond acceptors (Lipinski definition) is 2. The lowest BCUT2D eigenvalue weighted by atomic mass is 10.4. The second-order valence-corrected chi connectivity index (χ2v) is 4.71. The Kier molecular flexibility index (Phi) is 4.80. The van der Waals surface area contributed by atoms with Crippen molar-refractivity contribution in [2.75, 3.05) is 6.54 Å². The molecule has 0 aliphatic heterocycles. The molecule has 0 aliphatic rings. The number of benzene rings is 1. The third-order valence-electron chi connectivity index (χ3n) is 1.52. The molecule has 1 N–H and O–H groups in total. The largest absolute Gasteiger partial charge is 0.593 e. The topological polar surface area (TPSA) is 35.1 Å². The van der Waals surface area contributed by atoms with Gasteiger partial charge in [-0.15, -0.1) is 4.72 Å². The molecule has 0 aliphatic carbocycles. The van der Waals surface area contributed by atoms with E-state index < -0.39 is 11.4 Å². The van der Waals surface area contributed by atoms with Crippen molar-refractivity contribution in [3.05, 3.63) is 28.7 Å². The van der Waals surface area contributed by atoms with E-state index in [1.54, 1.807) is 0 Å². The lowest BCUT2D eigenvalue weighted by Gasteiger charge is -2.10. The summed E-state index contributed by atoms with van der Waals surface area (Å²) in [6, 6.07) is 7.53. The molecule has 1 atom stereocenters. The molecule has 1 rings (SSSR count). The molecule has 0 bridgehead atoms. The molecule has 0 fully saturated rings. The second kappa shape index (κ2) is 5.65. The van der Waals surface area contributed by atoms with Crippen LogP contribution in [-0.4, -0.2) is 11.1 Å². The van der Waals surface area contributed by atoms with Crippen molar-refractivity contribution in [1.29, 1.82) is 0 Å². The van der Waals surface area contributed by atoms with Crippen LogP contribution in [0, 0.1) is 0 Å². The molecule has 0 saturated heterocycles. The summed E-state index contributed by atoms with van der Waals surface area (Å²) in [5.41, 5.74) is 0. The molecule has 4 heteroatoms. The van der Waals surface area contributed by atoms with Crippen LogP contribution in [0.4, 0.5) is 0 Å². The molecule has 13 heavy (non-hydrogen) atoms. The van der Waals surface area contributed by atoms with Crippen molar-refractivity contribution in [3.63, 3.8) is 0 Å². The van der Waals surface area contributed by atoms with Gasteiger partial charge in [-0.2, -0.15) is 0 Å². The summed E-state index contributed by atoms with van der Waals surface area (Å²) in [4.78, 5) is 0.802. The fourth-order valence-corrected chi connectivity index (χ4v) is 2.59. The van der Waals surface area contributed by atoms with E-state index in [9.17, 15) is 4.55 Å². The molecular weight excluding hydrogens is 250 g/mol. The van der Waals surface area contributed by atoms with Crippen molar-refractivity contribution in [3.8, 4) is 0 Å². The summed E-state index contributed by atoms with van der Waals surface area (Å²) in [7, 11) is 0. The van der Waals surface area contributed by atoms with Crippen LogP contribution in [0.2, 0.25) is 0 Å². The lowest BCUT2D eigenvalue weighted by molar-refractivity contribution is 0.579. The van der Waals surface area contributed by atoms with E-state index in [4.69, 9.17) is 0 Å². The molecule has 0 amide bonds. The van der Waals surface area contributed by atoms with E-state index in [1.165, 1.54) is 0 Å². The van der Waals surface area contributed by atoms with E-state index in [0.29, 0.717) is 0 Å². The molecule has 0 saturated carbocycles. The van der Waals surface area contributed by atoms with Crippen molar-refractivity contribution >= 4 is 27.3 Å². The Morgan fingerprint density at radius 1 is 1.46 bits per heavy atom. The minimum Gasteiger partial charge on any atom is -0.593 e. The van der Waals surface area contributed by atoms with Crippen LogP contribution in [0.5, 0.6) is 0 Å². The molecule has 0 spiro atoms. The normalized spacial score (nSPS) is 12.8. The average Bonchev–Trinajstić information content (AvgIpc) is 2.15. The highest BCUT2D eigenvalue weighted by atomic mass is 79.9. The van der Waals surface area contributed by atoms with Gasteiger partial charge in [0.25, 0.3) is 0 Å². The Balaban J connectivity index is 2.65. The minimum absolute atomic E-state index is 0.772. The van der Waals surface area contributed by atoms with Crippen LogP contribution in [0.1, 0.15) is 13.3 Å². The molecule has 1 unspecified atom stereocenters. The van der Waals surface area contributed by atoms with E-state index in [0.717, 1.165) is 22.3 Å². The SMILES string of the molecule is CCCN[S+]([O-])c1ccccc1Br. The fourth-order valence-electron chi connectivity index (χ4n) is 0.868. The van der Waals surface area contributed by atoms with Gasteiger partial charge in [-0.05, 0) is 34.5 Å². The van der Waals surface area contributed by atoms with Crippen molar-refractivity contribution < 1.29 is 4.55 Å². The Bertz CT molecular complexity index is 270. The van der Waals surface area contributed by atoms with Gasteiger partial charge in [-0.3, -0.25) is 0 Å². The quantitative estimate of drug-likeness (QED) is 0.846. The Labute approximate surface area is 90.2 Å². The van der Waals surface area contributed by atoms with Crippen LogP contribution < -0.4 is 4.72 Å². The molecule has 1 aromatic rings. The van der Waals surface area contributed by atoms with E-state index >= 15 is 0 Å². The number of nitrogens with one attached hydrogen (secondary N) is 1. The molecule has 0 heterocycles. The summed E-state index contributed by atoms with van der Waals surface area (Å²) in [6.07, 6.45) is 0.982. The zero-order chi connectivity index (χ0) is 9.68. The van der Waals surface area contributed by atoms with Crippen LogP contribution in [-0.2, 0) is 11.4 Å². The van der Waals surface area contributed by atoms with Crippen LogP contribution >= 0.6 is 15.9 Å². The first-order valence-corrected chi connectivity index (χ1v) is 6.09. The highest BCUT2D eigenvalue weighted by Crippen LogP contribution is 2.20. The maximum absolute atomic E-state index is 11.6. The maximum Gasteiger partial charge on any atom is 0.188 e. The molecular formula is C9H12BrNOS. The Morgan fingerprint density at radius 2 is 2.15 bits per heavy atom. The van der Waals surface area contributed by atoms with Gasteiger partial charge in [0.15, 0.2) is 4.90 Å². The predicted molar refractivity (Wildman–Crippen MR) is 58.8 cm³/mol. The molecule has 0 aromatic heterocycles. The standard InChI is InChI=1S/C9H12BrNOS/c1-2-7-11-13(12)9-6-4-3-5-8(9)10/h3-6,11H,2,7H2,1H3. The minimum atomic E-state index is -1.09. The Morgan fingerprint density at radius 3 is 2.77 bits per heavy atom. The highest BCUT2D eigenvalue weighted by molar-refractivity contribution is 9.10. The average molecular weight is 262 g/mol.